The van der Waals surface area contributed by atoms with E-state index >= 15 is 0 Å². The van der Waals surface area contributed by atoms with Gasteiger partial charge in [0.15, 0.2) is 0 Å². The van der Waals surface area contributed by atoms with Crippen molar-refractivity contribution in [1.82, 2.24) is 4.98 Å². The zero-order valence-electron chi connectivity index (χ0n) is 11.4. The van der Waals surface area contributed by atoms with Crippen LogP contribution < -0.4 is 10.2 Å². The van der Waals surface area contributed by atoms with Gasteiger partial charge in [-0.25, -0.2) is 4.98 Å². The minimum atomic E-state index is -0.586. The molecule has 1 aliphatic rings. The molecular formula is C15H12Cl2FN3O. The van der Waals surface area contributed by atoms with Crippen LogP contribution in [0, 0.1) is 5.95 Å². The fourth-order valence-electron chi connectivity index (χ4n) is 2.39. The highest BCUT2D eigenvalue weighted by Crippen LogP contribution is 2.30. The summed E-state index contributed by atoms with van der Waals surface area (Å²) in [6, 6.07) is 9.03. The number of rotatable bonds is 3. The van der Waals surface area contributed by atoms with Crippen LogP contribution in [0.4, 0.5) is 15.9 Å². The van der Waals surface area contributed by atoms with Gasteiger partial charge < -0.3 is 10.2 Å². The Labute approximate surface area is 136 Å². The molecule has 22 heavy (non-hydrogen) atoms. The van der Waals surface area contributed by atoms with E-state index in [0.717, 1.165) is 0 Å². The number of aromatic nitrogens is 1. The maximum Gasteiger partial charge on any atom is 0.249 e. The van der Waals surface area contributed by atoms with Crippen molar-refractivity contribution < 1.29 is 9.18 Å². The number of halogens is 3. The summed E-state index contributed by atoms with van der Waals surface area (Å²) >= 11 is 11.9. The number of pyridine rings is 1. The molecule has 0 radical (unpaired) electrons. The SMILES string of the molecule is O=C1C(Nc2cccc(F)n2)CCN1c1ccc(Cl)c(Cl)c1. The Kier molecular flexibility index (Phi) is 4.18. The number of hydrogen-bond donors (Lipinski definition) is 1. The summed E-state index contributed by atoms with van der Waals surface area (Å²) in [7, 11) is 0. The normalized spacial score (nSPS) is 17.9. The minimum Gasteiger partial charge on any atom is -0.358 e. The van der Waals surface area contributed by atoms with E-state index in [1.54, 1.807) is 35.2 Å². The Balaban J connectivity index is 1.75. The summed E-state index contributed by atoms with van der Waals surface area (Å²) in [5.41, 5.74) is 0.691. The van der Waals surface area contributed by atoms with E-state index in [9.17, 15) is 9.18 Å². The fraction of sp³-hybridized carbons (Fsp3) is 0.200. The summed E-state index contributed by atoms with van der Waals surface area (Å²) in [4.78, 5) is 17.8. The molecule has 2 aromatic rings. The molecule has 0 saturated carbocycles. The molecule has 114 valence electrons. The van der Waals surface area contributed by atoms with Crippen LogP contribution in [0.25, 0.3) is 0 Å². The molecule has 1 fully saturated rings. The third kappa shape index (κ3) is 3.00. The van der Waals surface area contributed by atoms with Crippen LogP contribution in [0.1, 0.15) is 6.42 Å². The molecule has 1 saturated heterocycles. The van der Waals surface area contributed by atoms with Gasteiger partial charge in [-0.2, -0.15) is 4.39 Å². The largest absolute Gasteiger partial charge is 0.358 e. The fourth-order valence-corrected chi connectivity index (χ4v) is 2.68. The first-order valence-electron chi connectivity index (χ1n) is 6.70. The summed E-state index contributed by atoms with van der Waals surface area (Å²) in [6.45, 7) is 0.545. The van der Waals surface area contributed by atoms with Crippen LogP contribution in [0.15, 0.2) is 36.4 Å². The second-order valence-corrected chi connectivity index (χ2v) is 5.73. The van der Waals surface area contributed by atoms with Crippen molar-refractivity contribution in [2.45, 2.75) is 12.5 Å². The third-order valence-electron chi connectivity index (χ3n) is 3.46. The molecule has 1 atom stereocenters. The highest BCUT2D eigenvalue weighted by molar-refractivity contribution is 6.42. The molecule has 1 amide bonds. The highest BCUT2D eigenvalue weighted by atomic mass is 35.5. The van der Waals surface area contributed by atoms with Gasteiger partial charge in [-0.05, 0) is 36.8 Å². The van der Waals surface area contributed by atoms with E-state index in [0.29, 0.717) is 34.5 Å². The molecule has 1 aromatic carbocycles. The zero-order chi connectivity index (χ0) is 15.7. The monoisotopic (exact) mass is 339 g/mol. The Bertz CT molecular complexity index is 726. The Morgan fingerprint density at radius 2 is 2.05 bits per heavy atom. The summed E-state index contributed by atoms with van der Waals surface area (Å²) in [5.74, 6) is -0.351. The van der Waals surface area contributed by atoms with Crippen molar-refractivity contribution in [2.75, 3.05) is 16.8 Å². The number of benzene rings is 1. The lowest BCUT2D eigenvalue weighted by molar-refractivity contribution is -0.117. The van der Waals surface area contributed by atoms with Crippen molar-refractivity contribution in [3.05, 3.63) is 52.4 Å². The summed E-state index contributed by atoms with van der Waals surface area (Å²) < 4.78 is 13.1. The Hall–Kier alpha value is -1.85. The van der Waals surface area contributed by atoms with Gasteiger partial charge in [-0.1, -0.05) is 29.3 Å². The van der Waals surface area contributed by atoms with Crippen molar-refractivity contribution in [2.24, 2.45) is 0 Å². The molecule has 0 bridgehead atoms. The van der Waals surface area contributed by atoms with Gasteiger partial charge in [0.1, 0.15) is 11.9 Å². The number of nitrogens with one attached hydrogen (secondary N) is 1. The maximum absolute atomic E-state index is 13.1. The van der Waals surface area contributed by atoms with Gasteiger partial charge in [0.2, 0.25) is 11.9 Å². The minimum absolute atomic E-state index is 0.107. The second-order valence-electron chi connectivity index (χ2n) is 4.92. The summed E-state index contributed by atoms with van der Waals surface area (Å²) in [6.07, 6.45) is 0.595. The van der Waals surface area contributed by atoms with Gasteiger partial charge in [-0.3, -0.25) is 4.79 Å². The Morgan fingerprint density at radius 3 is 2.77 bits per heavy atom. The number of carbonyl (C=O) groups is 1. The zero-order valence-corrected chi connectivity index (χ0v) is 12.9. The van der Waals surface area contributed by atoms with Crippen LogP contribution >= 0.6 is 23.2 Å². The molecule has 1 aliphatic heterocycles. The van der Waals surface area contributed by atoms with E-state index in [1.165, 1.54) is 6.07 Å². The van der Waals surface area contributed by atoms with E-state index in [1.807, 2.05) is 0 Å². The predicted octanol–water partition coefficient (Wildman–Crippen LogP) is 3.74. The molecule has 7 heteroatoms. The van der Waals surface area contributed by atoms with Crippen LogP contribution in [0.2, 0.25) is 10.0 Å². The molecule has 0 spiro atoms. The molecule has 4 nitrogen and oxygen atoms in total. The first kappa shape index (κ1) is 15.1. The van der Waals surface area contributed by atoms with Crippen molar-refractivity contribution in [3.63, 3.8) is 0 Å². The third-order valence-corrected chi connectivity index (χ3v) is 4.20. The quantitative estimate of drug-likeness (QED) is 0.866. The predicted molar refractivity (Wildman–Crippen MR) is 85.0 cm³/mol. The van der Waals surface area contributed by atoms with Crippen LogP contribution in [0.5, 0.6) is 0 Å². The number of amides is 1. The lowest BCUT2D eigenvalue weighted by Crippen LogP contribution is -2.33. The van der Waals surface area contributed by atoms with E-state index in [-0.39, 0.29) is 5.91 Å². The van der Waals surface area contributed by atoms with E-state index in [2.05, 4.69) is 10.3 Å². The molecule has 1 unspecified atom stereocenters. The van der Waals surface area contributed by atoms with Gasteiger partial charge in [0.05, 0.1) is 10.0 Å². The Morgan fingerprint density at radius 1 is 1.23 bits per heavy atom. The molecule has 1 aromatic heterocycles. The number of hydrogen-bond acceptors (Lipinski definition) is 3. The lowest BCUT2D eigenvalue weighted by atomic mass is 10.2. The number of carbonyl (C=O) groups excluding carboxylic acids is 1. The van der Waals surface area contributed by atoms with E-state index in [4.69, 9.17) is 23.2 Å². The molecule has 2 heterocycles. The van der Waals surface area contributed by atoms with Gasteiger partial charge in [0, 0.05) is 12.2 Å². The average molecular weight is 340 g/mol. The topological polar surface area (TPSA) is 45.2 Å². The molecule has 1 N–H and O–H groups in total. The van der Waals surface area contributed by atoms with Crippen molar-refractivity contribution in [1.29, 1.82) is 0 Å². The lowest BCUT2D eigenvalue weighted by Gasteiger charge is -2.18. The number of anilines is 2. The maximum atomic E-state index is 13.1. The standard InChI is InChI=1S/C15H12Cl2FN3O/c16-10-5-4-9(8-11(10)17)21-7-6-12(15(21)22)19-14-3-1-2-13(18)20-14/h1-5,8,12H,6-7H2,(H,19,20). The van der Waals surface area contributed by atoms with Crippen LogP contribution in [-0.2, 0) is 4.79 Å². The molecule has 3 rings (SSSR count). The van der Waals surface area contributed by atoms with Crippen LogP contribution in [-0.4, -0.2) is 23.5 Å². The number of nitrogens with zero attached hydrogens (tertiary/aromatic N) is 2. The van der Waals surface area contributed by atoms with Crippen LogP contribution in [0.3, 0.4) is 0 Å². The van der Waals surface area contributed by atoms with Gasteiger partial charge in [-0.15, -0.1) is 0 Å². The molecule has 0 aliphatic carbocycles. The highest BCUT2D eigenvalue weighted by Gasteiger charge is 2.32. The van der Waals surface area contributed by atoms with Crippen molar-refractivity contribution >= 4 is 40.6 Å². The smallest absolute Gasteiger partial charge is 0.249 e. The average Bonchev–Trinajstić information content (AvgIpc) is 2.83. The first-order valence-corrected chi connectivity index (χ1v) is 7.46. The second kappa shape index (κ2) is 6.10. The molecular weight excluding hydrogens is 328 g/mol. The van der Waals surface area contributed by atoms with E-state index < -0.39 is 12.0 Å². The van der Waals surface area contributed by atoms with Gasteiger partial charge in [0.25, 0.3) is 0 Å². The first-order chi connectivity index (χ1) is 10.5. The van der Waals surface area contributed by atoms with Gasteiger partial charge >= 0.3 is 0 Å². The van der Waals surface area contributed by atoms with Crippen molar-refractivity contribution in [3.8, 4) is 0 Å². The summed E-state index contributed by atoms with van der Waals surface area (Å²) in [5, 5.41) is 3.79.